The summed E-state index contributed by atoms with van der Waals surface area (Å²) < 4.78 is 3.30. The van der Waals surface area contributed by atoms with Crippen LogP contribution in [0.15, 0.2) is 40.4 Å². The second-order valence-corrected chi connectivity index (χ2v) is 7.68. The summed E-state index contributed by atoms with van der Waals surface area (Å²) in [4.78, 5) is 12.5. The van der Waals surface area contributed by atoms with Gasteiger partial charge in [0.2, 0.25) is 0 Å². The second kappa shape index (κ2) is 7.92. The maximum Gasteiger partial charge on any atom is 0.266 e. The molecule has 26 heavy (non-hydrogen) atoms. The highest BCUT2D eigenvalue weighted by Crippen LogP contribution is 2.33. The van der Waals surface area contributed by atoms with E-state index in [1.54, 1.807) is 18.2 Å². The summed E-state index contributed by atoms with van der Waals surface area (Å²) in [6, 6.07) is 11.9. The molecule has 1 saturated carbocycles. The van der Waals surface area contributed by atoms with Crippen molar-refractivity contribution in [2.45, 2.75) is 45.6 Å². The number of hydrogen-bond acceptors (Lipinski definition) is 2. The number of benzene rings is 1. The lowest BCUT2D eigenvalue weighted by Gasteiger charge is -2.17. The molecule has 134 valence electrons. The minimum atomic E-state index is -0.388. The predicted molar refractivity (Wildman–Crippen MR) is 108 cm³/mol. The third kappa shape index (κ3) is 3.91. The average molecular weight is 412 g/mol. The van der Waals surface area contributed by atoms with Crippen molar-refractivity contribution in [3.05, 3.63) is 57.3 Å². The molecule has 1 aromatic heterocycles. The van der Waals surface area contributed by atoms with Gasteiger partial charge in [0.1, 0.15) is 11.6 Å². The molecule has 0 radical (unpaired) electrons. The Kier molecular flexibility index (Phi) is 5.63. The molecule has 2 aromatic rings. The van der Waals surface area contributed by atoms with Crippen molar-refractivity contribution in [2.24, 2.45) is 0 Å². The van der Waals surface area contributed by atoms with Crippen LogP contribution in [-0.2, 0) is 4.79 Å². The predicted octanol–water partition coefficient (Wildman–Crippen LogP) is 5.53. The van der Waals surface area contributed by atoms with Crippen LogP contribution in [0.3, 0.4) is 0 Å². The smallest absolute Gasteiger partial charge is 0.266 e. The first-order valence-corrected chi connectivity index (χ1v) is 9.66. The van der Waals surface area contributed by atoms with E-state index in [4.69, 9.17) is 0 Å². The molecule has 0 bridgehead atoms. The van der Waals surface area contributed by atoms with E-state index in [2.05, 4.69) is 45.7 Å². The van der Waals surface area contributed by atoms with Crippen LogP contribution in [0.4, 0.5) is 5.69 Å². The zero-order valence-electron chi connectivity index (χ0n) is 15.1. The zero-order chi connectivity index (χ0) is 18.7. The standard InChI is InChI=1S/C21H22BrN3O/c1-14-11-16(15(2)25(14)20-5-3-4-6-20)12-17(13-23)21(26)24-19-9-7-18(22)8-10-19/h7-12,20H,3-6H2,1-2H3,(H,24,26)/b17-12-. The maximum absolute atomic E-state index is 12.5. The lowest BCUT2D eigenvalue weighted by atomic mass is 10.1. The van der Waals surface area contributed by atoms with E-state index >= 15 is 0 Å². The van der Waals surface area contributed by atoms with Crippen LogP contribution in [0.5, 0.6) is 0 Å². The van der Waals surface area contributed by atoms with Crippen molar-refractivity contribution in [1.82, 2.24) is 4.57 Å². The number of amides is 1. The first-order chi connectivity index (χ1) is 12.5. The number of nitrogens with one attached hydrogen (secondary N) is 1. The molecule has 1 aromatic carbocycles. The van der Waals surface area contributed by atoms with E-state index in [9.17, 15) is 10.1 Å². The van der Waals surface area contributed by atoms with Gasteiger partial charge in [0, 0.05) is 27.6 Å². The first-order valence-electron chi connectivity index (χ1n) is 8.86. The van der Waals surface area contributed by atoms with Crippen LogP contribution in [0, 0.1) is 25.2 Å². The monoisotopic (exact) mass is 411 g/mol. The molecular formula is C21H22BrN3O. The van der Waals surface area contributed by atoms with Crippen LogP contribution < -0.4 is 5.32 Å². The fraction of sp³-hybridized carbons (Fsp3) is 0.333. The number of nitriles is 1. The Morgan fingerprint density at radius 3 is 2.54 bits per heavy atom. The summed E-state index contributed by atoms with van der Waals surface area (Å²) in [6.45, 7) is 4.16. The van der Waals surface area contributed by atoms with Gasteiger partial charge in [0.05, 0.1) is 0 Å². The quantitative estimate of drug-likeness (QED) is 0.530. The molecule has 1 heterocycles. The van der Waals surface area contributed by atoms with Gasteiger partial charge in [-0.05, 0) is 68.7 Å². The average Bonchev–Trinajstić information content (AvgIpc) is 3.22. The molecule has 1 aliphatic carbocycles. The van der Waals surface area contributed by atoms with E-state index in [-0.39, 0.29) is 11.5 Å². The van der Waals surface area contributed by atoms with Crippen LogP contribution in [-0.4, -0.2) is 10.5 Å². The molecule has 5 heteroatoms. The summed E-state index contributed by atoms with van der Waals surface area (Å²) >= 11 is 3.36. The summed E-state index contributed by atoms with van der Waals surface area (Å²) in [5.41, 5.74) is 4.03. The van der Waals surface area contributed by atoms with Crippen LogP contribution in [0.25, 0.3) is 6.08 Å². The van der Waals surface area contributed by atoms with Crippen molar-refractivity contribution >= 4 is 33.6 Å². The zero-order valence-corrected chi connectivity index (χ0v) is 16.6. The number of carbonyl (C=O) groups is 1. The Balaban J connectivity index is 1.84. The Morgan fingerprint density at radius 1 is 1.27 bits per heavy atom. The third-order valence-electron chi connectivity index (χ3n) is 4.98. The van der Waals surface area contributed by atoms with E-state index in [1.165, 1.54) is 31.4 Å². The van der Waals surface area contributed by atoms with Crippen LogP contribution in [0.2, 0.25) is 0 Å². The van der Waals surface area contributed by atoms with Gasteiger partial charge < -0.3 is 9.88 Å². The Hall–Kier alpha value is -2.32. The first kappa shape index (κ1) is 18.5. The summed E-state index contributed by atoms with van der Waals surface area (Å²) in [5.74, 6) is -0.388. The Morgan fingerprint density at radius 2 is 1.92 bits per heavy atom. The van der Waals surface area contributed by atoms with Crippen molar-refractivity contribution in [3.63, 3.8) is 0 Å². The maximum atomic E-state index is 12.5. The Labute approximate surface area is 162 Å². The van der Waals surface area contributed by atoms with E-state index < -0.39 is 0 Å². The van der Waals surface area contributed by atoms with Gasteiger partial charge in [-0.25, -0.2) is 0 Å². The molecule has 0 unspecified atom stereocenters. The number of aromatic nitrogens is 1. The normalized spacial score (nSPS) is 15.1. The van der Waals surface area contributed by atoms with Gasteiger partial charge in [-0.1, -0.05) is 28.8 Å². The molecule has 3 rings (SSSR count). The summed E-state index contributed by atoms with van der Waals surface area (Å²) in [7, 11) is 0. The van der Waals surface area contributed by atoms with E-state index in [1.807, 2.05) is 18.2 Å². The fourth-order valence-corrected chi connectivity index (χ4v) is 3.97. The number of carbonyl (C=O) groups excluding carboxylic acids is 1. The van der Waals surface area contributed by atoms with Gasteiger partial charge in [0.25, 0.3) is 5.91 Å². The van der Waals surface area contributed by atoms with Crippen molar-refractivity contribution in [2.75, 3.05) is 5.32 Å². The number of anilines is 1. The molecule has 0 saturated heterocycles. The van der Waals surface area contributed by atoms with Crippen LogP contribution >= 0.6 is 15.9 Å². The molecule has 1 aliphatic rings. The molecule has 1 N–H and O–H groups in total. The molecule has 1 fully saturated rings. The Bertz CT molecular complexity index is 881. The molecule has 0 spiro atoms. The molecule has 4 nitrogen and oxygen atoms in total. The summed E-state index contributed by atoms with van der Waals surface area (Å²) in [5, 5.41) is 12.2. The van der Waals surface area contributed by atoms with Gasteiger partial charge in [-0.3, -0.25) is 4.79 Å². The van der Waals surface area contributed by atoms with Gasteiger partial charge in [-0.15, -0.1) is 0 Å². The lowest BCUT2D eigenvalue weighted by molar-refractivity contribution is -0.112. The number of nitrogens with zero attached hydrogens (tertiary/aromatic N) is 2. The molecule has 0 atom stereocenters. The van der Waals surface area contributed by atoms with Gasteiger partial charge in [-0.2, -0.15) is 5.26 Å². The SMILES string of the molecule is Cc1cc(/C=C(/C#N)C(=O)Nc2ccc(Br)cc2)c(C)n1C1CCCC1. The highest BCUT2D eigenvalue weighted by molar-refractivity contribution is 9.10. The number of aryl methyl sites for hydroxylation is 1. The summed E-state index contributed by atoms with van der Waals surface area (Å²) in [6.07, 6.45) is 6.64. The van der Waals surface area contributed by atoms with Crippen molar-refractivity contribution < 1.29 is 4.79 Å². The van der Waals surface area contributed by atoms with Gasteiger partial charge >= 0.3 is 0 Å². The van der Waals surface area contributed by atoms with Crippen molar-refractivity contribution in [1.29, 1.82) is 5.26 Å². The highest BCUT2D eigenvalue weighted by atomic mass is 79.9. The topological polar surface area (TPSA) is 57.8 Å². The lowest BCUT2D eigenvalue weighted by Crippen LogP contribution is -2.13. The molecular weight excluding hydrogens is 390 g/mol. The number of halogens is 1. The number of rotatable bonds is 4. The minimum absolute atomic E-state index is 0.111. The fourth-order valence-electron chi connectivity index (χ4n) is 3.71. The third-order valence-corrected chi connectivity index (χ3v) is 5.51. The molecule has 0 aliphatic heterocycles. The highest BCUT2D eigenvalue weighted by Gasteiger charge is 2.21. The molecule has 1 amide bonds. The number of hydrogen-bond donors (Lipinski definition) is 1. The minimum Gasteiger partial charge on any atom is -0.346 e. The van der Waals surface area contributed by atoms with E-state index in [0.717, 1.165) is 15.7 Å². The van der Waals surface area contributed by atoms with Crippen molar-refractivity contribution in [3.8, 4) is 6.07 Å². The van der Waals surface area contributed by atoms with Crippen LogP contribution in [0.1, 0.15) is 48.7 Å². The van der Waals surface area contributed by atoms with Gasteiger partial charge in [0.15, 0.2) is 0 Å². The van der Waals surface area contributed by atoms with E-state index in [0.29, 0.717) is 11.7 Å². The second-order valence-electron chi connectivity index (χ2n) is 6.77. The largest absolute Gasteiger partial charge is 0.346 e.